The van der Waals surface area contributed by atoms with Gasteiger partial charge in [0.15, 0.2) is 0 Å². The van der Waals surface area contributed by atoms with E-state index in [-0.39, 0.29) is 6.10 Å². The van der Waals surface area contributed by atoms with E-state index in [2.05, 4.69) is 15.0 Å². The van der Waals surface area contributed by atoms with E-state index in [1.807, 2.05) is 7.05 Å². The lowest BCUT2D eigenvalue weighted by Gasteiger charge is -2.27. The van der Waals surface area contributed by atoms with Gasteiger partial charge in [-0.25, -0.2) is 0 Å². The van der Waals surface area contributed by atoms with Crippen LogP contribution < -0.4 is 10.5 Å². The fourth-order valence-corrected chi connectivity index (χ4v) is 2.29. The molecule has 1 aliphatic rings. The molecule has 0 amide bonds. The van der Waals surface area contributed by atoms with Crippen LogP contribution in [0.4, 0.5) is 5.69 Å². The molecule has 2 heterocycles. The summed E-state index contributed by atoms with van der Waals surface area (Å²) in [6, 6.07) is 5.30. The predicted molar refractivity (Wildman–Crippen MR) is 76.9 cm³/mol. The van der Waals surface area contributed by atoms with Crippen molar-refractivity contribution < 1.29 is 14.0 Å². The molecule has 21 heavy (non-hydrogen) atoms. The molecule has 3 rings (SSSR count). The molecular weight excluding hydrogens is 272 g/mol. The molecule has 1 aromatic carbocycles. The van der Waals surface area contributed by atoms with E-state index in [4.69, 9.17) is 19.7 Å². The lowest BCUT2D eigenvalue weighted by atomic mass is 10.2. The van der Waals surface area contributed by atoms with Crippen LogP contribution in [-0.4, -0.2) is 48.9 Å². The second-order valence-corrected chi connectivity index (χ2v) is 5.04. The summed E-state index contributed by atoms with van der Waals surface area (Å²) in [4.78, 5) is 6.60. The van der Waals surface area contributed by atoms with Crippen molar-refractivity contribution in [2.24, 2.45) is 0 Å². The molecule has 7 heteroatoms. The largest absolute Gasteiger partial charge is 0.496 e. The zero-order valence-electron chi connectivity index (χ0n) is 12.1. The Morgan fingerprint density at radius 3 is 3.05 bits per heavy atom. The first-order valence-corrected chi connectivity index (χ1v) is 6.75. The van der Waals surface area contributed by atoms with Gasteiger partial charge in [0.05, 0.1) is 19.3 Å². The van der Waals surface area contributed by atoms with Crippen LogP contribution in [0, 0.1) is 0 Å². The van der Waals surface area contributed by atoms with Crippen LogP contribution >= 0.6 is 0 Å². The number of hydrogen-bond donors (Lipinski definition) is 1. The van der Waals surface area contributed by atoms with Gasteiger partial charge in [-0.1, -0.05) is 5.16 Å². The molecule has 0 saturated carbocycles. The molecule has 1 aliphatic heterocycles. The zero-order valence-corrected chi connectivity index (χ0v) is 12.1. The summed E-state index contributed by atoms with van der Waals surface area (Å²) in [5.74, 6) is 1.56. The third-order valence-corrected chi connectivity index (χ3v) is 3.46. The fourth-order valence-electron chi connectivity index (χ4n) is 2.29. The molecule has 1 unspecified atom stereocenters. The number of ether oxygens (including phenoxy) is 2. The lowest BCUT2D eigenvalue weighted by Crippen LogP contribution is -2.35. The first-order chi connectivity index (χ1) is 10.2. The Morgan fingerprint density at radius 1 is 1.43 bits per heavy atom. The molecule has 0 aliphatic carbocycles. The fraction of sp³-hybridized carbons (Fsp3) is 0.429. The van der Waals surface area contributed by atoms with Gasteiger partial charge in [-0.15, -0.1) is 0 Å². The number of anilines is 1. The van der Waals surface area contributed by atoms with Crippen molar-refractivity contribution in [3.05, 3.63) is 24.0 Å². The number of benzene rings is 1. The smallest absolute Gasteiger partial charge is 0.261 e. The summed E-state index contributed by atoms with van der Waals surface area (Å²) in [5.41, 5.74) is 7.08. The normalized spacial score (nSPS) is 19.6. The van der Waals surface area contributed by atoms with Crippen LogP contribution in [0.1, 0.15) is 11.9 Å². The number of methoxy groups -OCH3 is 1. The maximum absolute atomic E-state index is 5.75. The van der Waals surface area contributed by atoms with Crippen molar-refractivity contribution in [3.8, 4) is 17.2 Å². The molecule has 1 fully saturated rings. The summed E-state index contributed by atoms with van der Waals surface area (Å²) in [6.07, 6.45) is -0.166. The van der Waals surface area contributed by atoms with E-state index in [1.165, 1.54) is 0 Å². The standard InChI is InChI=1S/C14H18N4O3/c1-18-5-6-20-12(8-18)13-16-14(21-17-13)10-4-3-9(15)7-11(10)19-2/h3-4,7,12H,5-6,8,15H2,1-2H3. The number of nitrogens with zero attached hydrogens (tertiary/aromatic N) is 3. The van der Waals surface area contributed by atoms with E-state index in [9.17, 15) is 0 Å². The number of likely N-dealkylation sites (N-methyl/N-ethyl adjacent to an activating group) is 1. The molecule has 112 valence electrons. The maximum Gasteiger partial charge on any atom is 0.261 e. The number of aromatic nitrogens is 2. The van der Waals surface area contributed by atoms with E-state index in [0.717, 1.165) is 18.7 Å². The van der Waals surface area contributed by atoms with E-state index in [0.29, 0.717) is 29.8 Å². The third kappa shape index (κ3) is 2.84. The van der Waals surface area contributed by atoms with Crippen molar-refractivity contribution in [1.29, 1.82) is 0 Å². The van der Waals surface area contributed by atoms with Gasteiger partial charge in [-0.3, -0.25) is 0 Å². The van der Waals surface area contributed by atoms with Crippen molar-refractivity contribution in [3.63, 3.8) is 0 Å². The Morgan fingerprint density at radius 2 is 2.29 bits per heavy atom. The Balaban J connectivity index is 1.88. The topological polar surface area (TPSA) is 86.6 Å². The van der Waals surface area contributed by atoms with Gasteiger partial charge >= 0.3 is 0 Å². The highest BCUT2D eigenvalue weighted by molar-refractivity contribution is 5.66. The van der Waals surface area contributed by atoms with Gasteiger partial charge < -0.3 is 24.6 Å². The van der Waals surface area contributed by atoms with Crippen molar-refractivity contribution >= 4 is 5.69 Å². The highest BCUT2D eigenvalue weighted by atomic mass is 16.5. The molecule has 0 spiro atoms. The summed E-state index contributed by atoms with van der Waals surface area (Å²) >= 11 is 0. The molecular formula is C14H18N4O3. The van der Waals surface area contributed by atoms with Gasteiger partial charge in [-0.05, 0) is 19.2 Å². The molecule has 1 saturated heterocycles. The second kappa shape index (κ2) is 5.71. The van der Waals surface area contributed by atoms with Gasteiger partial charge in [0.25, 0.3) is 5.89 Å². The van der Waals surface area contributed by atoms with E-state index in [1.54, 1.807) is 25.3 Å². The monoisotopic (exact) mass is 290 g/mol. The number of rotatable bonds is 3. The van der Waals surface area contributed by atoms with Crippen LogP contribution in [0.25, 0.3) is 11.5 Å². The molecule has 1 atom stereocenters. The van der Waals surface area contributed by atoms with Crippen LogP contribution in [0.3, 0.4) is 0 Å². The molecule has 2 aromatic rings. The van der Waals surface area contributed by atoms with E-state index >= 15 is 0 Å². The Labute approximate surface area is 122 Å². The van der Waals surface area contributed by atoms with Crippen molar-refractivity contribution in [2.75, 3.05) is 39.6 Å². The van der Waals surface area contributed by atoms with E-state index < -0.39 is 0 Å². The quantitative estimate of drug-likeness (QED) is 0.853. The maximum atomic E-state index is 5.75. The number of hydrogen-bond acceptors (Lipinski definition) is 7. The Bertz CT molecular complexity index is 628. The summed E-state index contributed by atoms with van der Waals surface area (Å²) < 4.78 is 16.3. The van der Waals surface area contributed by atoms with Crippen LogP contribution in [0.15, 0.2) is 22.7 Å². The van der Waals surface area contributed by atoms with Gasteiger partial charge in [-0.2, -0.15) is 4.98 Å². The predicted octanol–water partition coefficient (Wildman–Crippen LogP) is 1.33. The highest BCUT2D eigenvalue weighted by Crippen LogP contribution is 2.31. The second-order valence-electron chi connectivity index (χ2n) is 5.04. The van der Waals surface area contributed by atoms with Gasteiger partial charge in [0, 0.05) is 24.8 Å². The van der Waals surface area contributed by atoms with Crippen molar-refractivity contribution in [2.45, 2.75) is 6.10 Å². The molecule has 1 aromatic heterocycles. The number of nitrogen functional groups attached to an aromatic ring is 1. The zero-order chi connectivity index (χ0) is 14.8. The Hall–Kier alpha value is -2.12. The SMILES string of the molecule is COc1cc(N)ccc1-c1nc(C2CN(C)CCO2)no1. The molecule has 0 radical (unpaired) electrons. The van der Waals surface area contributed by atoms with Crippen LogP contribution in [-0.2, 0) is 4.74 Å². The van der Waals surface area contributed by atoms with Crippen LogP contribution in [0.2, 0.25) is 0 Å². The first-order valence-electron chi connectivity index (χ1n) is 6.75. The molecule has 0 bridgehead atoms. The first kappa shape index (κ1) is 13.8. The average Bonchev–Trinajstić information content (AvgIpc) is 2.96. The minimum atomic E-state index is -0.166. The minimum Gasteiger partial charge on any atom is -0.496 e. The van der Waals surface area contributed by atoms with Gasteiger partial charge in [0.2, 0.25) is 5.82 Å². The lowest BCUT2D eigenvalue weighted by molar-refractivity contribution is -0.0264. The summed E-state index contributed by atoms with van der Waals surface area (Å²) in [5, 5.41) is 4.02. The highest BCUT2D eigenvalue weighted by Gasteiger charge is 2.25. The third-order valence-electron chi connectivity index (χ3n) is 3.46. The summed E-state index contributed by atoms with van der Waals surface area (Å²) in [6.45, 7) is 2.32. The number of nitrogens with two attached hydrogens (primary N) is 1. The Kier molecular flexibility index (Phi) is 3.76. The number of morpholine rings is 1. The summed E-state index contributed by atoms with van der Waals surface area (Å²) in [7, 11) is 3.62. The van der Waals surface area contributed by atoms with Crippen LogP contribution in [0.5, 0.6) is 5.75 Å². The molecule has 2 N–H and O–H groups in total. The van der Waals surface area contributed by atoms with Crippen molar-refractivity contribution in [1.82, 2.24) is 15.0 Å². The molecule has 7 nitrogen and oxygen atoms in total. The average molecular weight is 290 g/mol. The minimum absolute atomic E-state index is 0.166. The van der Waals surface area contributed by atoms with Gasteiger partial charge in [0.1, 0.15) is 11.9 Å².